The quantitative estimate of drug-likeness (QED) is 0.159. The van der Waals surface area contributed by atoms with Crippen LogP contribution >= 0.6 is 0 Å². The van der Waals surface area contributed by atoms with Gasteiger partial charge in [0.1, 0.15) is 0 Å². The number of aromatic nitrogens is 9. The third-order valence-electron chi connectivity index (χ3n) is 17.1. The molecular weight excluding hydrogens is 1010 g/mol. The summed E-state index contributed by atoms with van der Waals surface area (Å²) in [7, 11) is 0. The minimum Gasteiger partial charge on any atom is -0.309 e. The number of benzene rings is 11. The highest BCUT2D eigenvalue weighted by atomic mass is 15.2. The molecule has 0 unspecified atom stereocenters. The van der Waals surface area contributed by atoms with Crippen molar-refractivity contribution in [2.24, 2.45) is 0 Å². The van der Waals surface area contributed by atoms with Crippen LogP contribution in [-0.2, 0) is 0 Å². The zero-order chi connectivity index (χ0) is 54.3. The first-order chi connectivity index (χ1) is 41.2. The summed E-state index contributed by atoms with van der Waals surface area (Å²) >= 11 is 0. The van der Waals surface area contributed by atoms with Crippen molar-refractivity contribution >= 4 is 109 Å². The van der Waals surface area contributed by atoms with Gasteiger partial charge in [0.25, 0.3) is 0 Å². The third-order valence-corrected chi connectivity index (χ3v) is 17.1. The van der Waals surface area contributed by atoms with Crippen LogP contribution in [0.15, 0.2) is 273 Å². The van der Waals surface area contributed by atoms with E-state index >= 15 is 0 Å². The van der Waals surface area contributed by atoms with Crippen LogP contribution in [0.2, 0.25) is 0 Å². The van der Waals surface area contributed by atoms with E-state index in [0.29, 0.717) is 17.6 Å². The summed E-state index contributed by atoms with van der Waals surface area (Å²) in [6.45, 7) is 0. The van der Waals surface area contributed by atoms with Crippen molar-refractivity contribution < 1.29 is 0 Å². The lowest BCUT2D eigenvalue weighted by Gasteiger charge is -2.13. The van der Waals surface area contributed by atoms with Crippen molar-refractivity contribution in [3.63, 3.8) is 0 Å². The maximum absolute atomic E-state index is 5.33. The summed E-state index contributed by atoms with van der Waals surface area (Å²) < 4.78 is 11.7. The molecule has 0 aliphatic heterocycles. The molecule has 83 heavy (non-hydrogen) atoms. The van der Waals surface area contributed by atoms with Crippen LogP contribution < -0.4 is 0 Å². The van der Waals surface area contributed by atoms with E-state index in [0.717, 1.165) is 77.7 Å². The van der Waals surface area contributed by atoms with Gasteiger partial charge in [-0.1, -0.05) is 127 Å². The largest absolute Gasteiger partial charge is 0.309 e. The highest BCUT2D eigenvalue weighted by Crippen LogP contribution is 2.40. The van der Waals surface area contributed by atoms with E-state index in [4.69, 9.17) is 15.0 Å². The van der Waals surface area contributed by atoms with Gasteiger partial charge in [0.05, 0.1) is 55.2 Å². The van der Waals surface area contributed by atoms with Gasteiger partial charge in [0.15, 0.2) is 11.6 Å². The van der Waals surface area contributed by atoms with Crippen molar-refractivity contribution in [3.8, 4) is 51.5 Å². The van der Waals surface area contributed by atoms with E-state index in [1.807, 2.05) is 18.5 Å². The standard InChI is InChI=1S/C74H45N9/c1-8-22-62-52(15-1)53-16-2-9-23-63(53)81(62)50-37-39-69-59(43-50)56-19-5-12-26-66(56)79(69)48-33-29-46(30-34-48)72-76-73(78-74(77-72)83-68-28-14-7-21-58(68)61-45-75-42-41-71(61)83)47-31-35-49(36-32-47)80-67-27-13-6-20-57(67)60-44-51(38-40-70(60)80)82-64-24-10-3-17-54(64)55-18-4-11-25-65(55)82/h1-45H. The highest BCUT2D eigenvalue weighted by Gasteiger charge is 2.22. The molecular formula is C74H45N9. The molecule has 0 aliphatic carbocycles. The van der Waals surface area contributed by atoms with Crippen molar-refractivity contribution in [1.82, 2.24) is 42.8 Å². The van der Waals surface area contributed by atoms with E-state index in [-0.39, 0.29) is 0 Å². The molecule has 0 saturated carbocycles. The number of para-hydroxylation sites is 7. The Hall–Kier alpha value is -11.4. The van der Waals surface area contributed by atoms with Gasteiger partial charge in [-0.25, -0.2) is 4.98 Å². The Labute approximate surface area is 474 Å². The Morgan fingerprint density at radius 2 is 0.506 bits per heavy atom. The van der Waals surface area contributed by atoms with Gasteiger partial charge < -0.3 is 18.3 Å². The van der Waals surface area contributed by atoms with E-state index in [1.165, 1.54) is 65.2 Å². The number of hydrogen-bond donors (Lipinski definition) is 0. The Morgan fingerprint density at radius 3 is 0.892 bits per heavy atom. The van der Waals surface area contributed by atoms with Crippen molar-refractivity contribution in [3.05, 3.63) is 273 Å². The van der Waals surface area contributed by atoms with Gasteiger partial charge in [0, 0.05) is 100 Å². The lowest BCUT2D eigenvalue weighted by atomic mass is 10.1. The molecule has 0 aliphatic rings. The fourth-order valence-corrected chi connectivity index (χ4v) is 13.4. The average molecular weight is 1060 g/mol. The molecule has 18 aromatic rings. The molecule has 386 valence electrons. The number of pyridine rings is 1. The molecule has 0 radical (unpaired) electrons. The summed E-state index contributed by atoms with van der Waals surface area (Å²) in [5, 5.41) is 11.8. The van der Waals surface area contributed by atoms with Crippen LogP contribution in [0.25, 0.3) is 161 Å². The Balaban J connectivity index is 0.761. The maximum atomic E-state index is 5.33. The summed E-state index contributed by atoms with van der Waals surface area (Å²) in [5.41, 5.74) is 17.3. The van der Waals surface area contributed by atoms with Crippen LogP contribution in [0.3, 0.4) is 0 Å². The molecule has 9 nitrogen and oxygen atoms in total. The Morgan fingerprint density at radius 1 is 0.217 bits per heavy atom. The number of fused-ring (bicyclic) bond motifs is 15. The highest BCUT2D eigenvalue weighted by molar-refractivity contribution is 6.14. The lowest BCUT2D eigenvalue weighted by Crippen LogP contribution is -2.06. The maximum Gasteiger partial charge on any atom is 0.238 e. The zero-order valence-electron chi connectivity index (χ0n) is 44.5. The van der Waals surface area contributed by atoms with Gasteiger partial charge in [-0.3, -0.25) is 9.55 Å². The summed E-state index contributed by atoms with van der Waals surface area (Å²) in [6, 6.07) is 93.6. The van der Waals surface area contributed by atoms with Gasteiger partial charge >= 0.3 is 0 Å². The number of nitrogens with zero attached hydrogens (tertiary/aromatic N) is 9. The first-order valence-electron chi connectivity index (χ1n) is 28.0. The van der Waals surface area contributed by atoms with Crippen molar-refractivity contribution in [2.75, 3.05) is 0 Å². The minimum atomic E-state index is 0.526. The number of hydrogen-bond acceptors (Lipinski definition) is 4. The Bertz CT molecular complexity index is 5240. The molecule has 0 amide bonds. The second-order valence-electron chi connectivity index (χ2n) is 21.5. The zero-order valence-corrected chi connectivity index (χ0v) is 44.5. The summed E-state index contributed by atoms with van der Waals surface area (Å²) in [6.07, 6.45) is 3.76. The smallest absolute Gasteiger partial charge is 0.238 e. The van der Waals surface area contributed by atoms with E-state index < -0.39 is 0 Å². The molecule has 7 aromatic heterocycles. The van der Waals surface area contributed by atoms with Crippen LogP contribution in [0.5, 0.6) is 0 Å². The summed E-state index contributed by atoms with van der Waals surface area (Å²) in [4.78, 5) is 20.5. The second-order valence-corrected chi connectivity index (χ2v) is 21.5. The molecule has 0 bridgehead atoms. The lowest BCUT2D eigenvalue weighted by molar-refractivity contribution is 0.952. The van der Waals surface area contributed by atoms with Crippen molar-refractivity contribution in [1.29, 1.82) is 0 Å². The molecule has 7 heterocycles. The Kier molecular flexibility index (Phi) is 9.60. The topological polar surface area (TPSA) is 76.2 Å². The second kappa shape index (κ2) is 17.5. The molecule has 0 N–H and O–H groups in total. The van der Waals surface area contributed by atoms with Crippen LogP contribution in [0.4, 0.5) is 0 Å². The predicted molar refractivity (Wildman–Crippen MR) is 340 cm³/mol. The van der Waals surface area contributed by atoms with Crippen molar-refractivity contribution in [2.45, 2.75) is 0 Å². The normalized spacial score (nSPS) is 12.1. The predicted octanol–water partition coefficient (Wildman–Crippen LogP) is 18.1. The average Bonchev–Trinajstić information content (AvgIpc) is 3.92. The van der Waals surface area contributed by atoms with Crippen LogP contribution in [0, 0.1) is 0 Å². The number of rotatable bonds is 7. The van der Waals surface area contributed by atoms with E-state index in [2.05, 4.69) is 283 Å². The molecule has 9 heteroatoms. The molecule has 0 spiro atoms. The fourth-order valence-electron chi connectivity index (χ4n) is 13.4. The van der Waals surface area contributed by atoms with Crippen LogP contribution in [-0.4, -0.2) is 42.8 Å². The van der Waals surface area contributed by atoms with E-state index in [1.54, 1.807) is 0 Å². The van der Waals surface area contributed by atoms with Gasteiger partial charge in [-0.05, 0) is 133 Å². The van der Waals surface area contributed by atoms with Gasteiger partial charge in [-0.2, -0.15) is 9.97 Å². The first kappa shape index (κ1) is 45.4. The van der Waals surface area contributed by atoms with Crippen LogP contribution in [0.1, 0.15) is 0 Å². The first-order valence-corrected chi connectivity index (χ1v) is 28.0. The van der Waals surface area contributed by atoms with Gasteiger partial charge in [-0.15, -0.1) is 0 Å². The summed E-state index contributed by atoms with van der Waals surface area (Å²) in [5.74, 6) is 1.67. The van der Waals surface area contributed by atoms with E-state index in [9.17, 15) is 0 Å². The molecule has 18 rings (SSSR count). The monoisotopic (exact) mass is 1060 g/mol. The SMILES string of the molecule is c1ccc2c(c1)c1ccccc1n2-c1ccc2c(c1)c1ccccc1n2-c1ccc(-c2nc(-c3ccc(-n4c5ccccc5c5cc(-n6c7ccccc7c7ccccc76)ccc54)cc3)nc(-n3c4ccccc4c4cnccc43)n2)cc1. The molecule has 11 aromatic carbocycles. The minimum absolute atomic E-state index is 0.526. The third kappa shape index (κ3) is 6.70. The fraction of sp³-hybridized carbons (Fsp3) is 0. The van der Waals surface area contributed by atoms with Gasteiger partial charge in [0.2, 0.25) is 5.95 Å². The molecule has 0 fully saturated rings. The molecule has 0 saturated heterocycles. The molecule has 0 atom stereocenters.